The van der Waals surface area contributed by atoms with Crippen molar-refractivity contribution in [3.63, 3.8) is 0 Å². The molecule has 10 nitrogen and oxygen atoms in total. The van der Waals surface area contributed by atoms with Gasteiger partial charge < -0.3 is 20.3 Å². The number of aromatic nitrogens is 2. The Balaban J connectivity index is 1.87. The summed E-state index contributed by atoms with van der Waals surface area (Å²) in [5.41, 5.74) is 2.11. The number of hydrazine groups is 1. The van der Waals surface area contributed by atoms with E-state index in [9.17, 15) is 22.8 Å². The van der Waals surface area contributed by atoms with Gasteiger partial charge in [0.15, 0.2) is 0 Å². The van der Waals surface area contributed by atoms with E-state index in [2.05, 4.69) is 30.9 Å². The average Bonchev–Trinajstić information content (AvgIpc) is 2.89. The molecule has 1 aromatic carbocycles. The molecule has 2 amide bonds. The fraction of sp³-hybridized carbons (Fsp3) is 0.478. The lowest BCUT2D eigenvalue weighted by molar-refractivity contribution is -0.137. The van der Waals surface area contributed by atoms with Crippen molar-refractivity contribution in [3.05, 3.63) is 41.6 Å². The fourth-order valence-corrected chi connectivity index (χ4v) is 3.87. The molecule has 0 atom stereocenters. The number of carbonyl (C=O) groups is 2. The Morgan fingerprint density at radius 2 is 1.97 bits per heavy atom. The smallest absolute Gasteiger partial charge is 0.421 e. The van der Waals surface area contributed by atoms with Gasteiger partial charge >= 0.3 is 6.18 Å². The first-order chi connectivity index (χ1) is 17.6. The third-order valence-corrected chi connectivity index (χ3v) is 6.01. The molecule has 3 rings (SSSR count). The lowest BCUT2D eigenvalue weighted by Gasteiger charge is -2.37. The van der Waals surface area contributed by atoms with E-state index in [4.69, 9.17) is 16.3 Å². The standard InChI is InChI=1S/C23H29ClF3N7O3/c1-33-10-6-16(7-11-33)34(21(36)15-4-3-5-17(12-15)37-2)32-22-30-14-18(23(25,26)27)20(31-22)29-9-8-28-19(35)13-24/h3-5,12,14,16H,6-11,13H2,1-2H3,(H,28,35)(H2,29,30,31,32). The van der Waals surface area contributed by atoms with Crippen LogP contribution in [0.25, 0.3) is 0 Å². The number of hydrogen-bond acceptors (Lipinski definition) is 8. The van der Waals surface area contributed by atoms with Crippen LogP contribution in [0.1, 0.15) is 28.8 Å². The topological polar surface area (TPSA) is 112 Å². The number of halogens is 4. The van der Waals surface area contributed by atoms with Gasteiger partial charge in [-0.3, -0.25) is 15.0 Å². The Labute approximate surface area is 217 Å². The van der Waals surface area contributed by atoms with E-state index < -0.39 is 29.4 Å². The van der Waals surface area contributed by atoms with Crippen LogP contribution in [-0.2, 0) is 11.0 Å². The largest absolute Gasteiger partial charge is 0.497 e. The van der Waals surface area contributed by atoms with Gasteiger partial charge in [-0.25, -0.2) is 9.99 Å². The van der Waals surface area contributed by atoms with Gasteiger partial charge in [-0.05, 0) is 51.2 Å². The summed E-state index contributed by atoms with van der Waals surface area (Å²) >= 11 is 5.41. The molecule has 0 radical (unpaired) electrons. The van der Waals surface area contributed by atoms with E-state index in [1.165, 1.54) is 12.1 Å². The highest BCUT2D eigenvalue weighted by Gasteiger charge is 2.36. The minimum atomic E-state index is -4.72. The van der Waals surface area contributed by atoms with Crippen LogP contribution in [0.4, 0.5) is 24.9 Å². The first kappa shape index (κ1) is 28.3. The third-order valence-electron chi connectivity index (χ3n) is 5.76. The minimum Gasteiger partial charge on any atom is -0.497 e. The fourth-order valence-electron chi connectivity index (χ4n) is 3.77. The van der Waals surface area contributed by atoms with Gasteiger partial charge in [0.25, 0.3) is 5.91 Å². The molecule has 2 aromatic rings. The molecule has 0 bridgehead atoms. The van der Waals surface area contributed by atoms with Crippen LogP contribution >= 0.6 is 11.6 Å². The van der Waals surface area contributed by atoms with Crippen molar-refractivity contribution in [3.8, 4) is 5.75 Å². The van der Waals surface area contributed by atoms with Crippen LogP contribution in [0.15, 0.2) is 30.5 Å². The Morgan fingerprint density at radius 3 is 2.62 bits per heavy atom. The highest BCUT2D eigenvalue weighted by molar-refractivity contribution is 6.27. The molecule has 1 saturated heterocycles. The van der Waals surface area contributed by atoms with E-state index in [1.807, 2.05) is 7.05 Å². The van der Waals surface area contributed by atoms with Gasteiger partial charge in [0.05, 0.1) is 13.2 Å². The molecule has 1 fully saturated rings. The van der Waals surface area contributed by atoms with E-state index in [1.54, 1.807) is 24.3 Å². The predicted octanol–water partition coefficient (Wildman–Crippen LogP) is 2.83. The van der Waals surface area contributed by atoms with Gasteiger partial charge in [-0.15, -0.1) is 11.6 Å². The second kappa shape index (κ2) is 12.8. The molecule has 1 aliphatic rings. The maximum absolute atomic E-state index is 13.6. The van der Waals surface area contributed by atoms with E-state index >= 15 is 0 Å². The van der Waals surface area contributed by atoms with Crippen LogP contribution in [0.5, 0.6) is 5.75 Å². The summed E-state index contributed by atoms with van der Waals surface area (Å²) in [7, 11) is 3.46. The molecule has 1 aromatic heterocycles. The Morgan fingerprint density at radius 1 is 1.24 bits per heavy atom. The molecule has 0 unspecified atom stereocenters. The van der Waals surface area contributed by atoms with Crippen LogP contribution in [-0.4, -0.2) is 83.9 Å². The van der Waals surface area contributed by atoms with Crippen molar-refractivity contribution in [2.45, 2.75) is 25.1 Å². The Hall–Kier alpha value is -3.32. The lowest BCUT2D eigenvalue weighted by Crippen LogP contribution is -2.49. The van der Waals surface area contributed by atoms with E-state index in [0.29, 0.717) is 30.4 Å². The second-order valence-electron chi connectivity index (χ2n) is 8.42. The number of likely N-dealkylation sites (tertiary alicyclic amines) is 1. The molecule has 3 N–H and O–H groups in total. The maximum atomic E-state index is 13.6. The highest BCUT2D eigenvalue weighted by atomic mass is 35.5. The van der Waals surface area contributed by atoms with Crippen molar-refractivity contribution >= 4 is 35.2 Å². The molecule has 1 aliphatic heterocycles. The number of hydrogen-bond donors (Lipinski definition) is 3. The van der Waals surface area contributed by atoms with E-state index in [0.717, 1.165) is 13.1 Å². The first-order valence-electron chi connectivity index (χ1n) is 11.6. The number of methoxy groups -OCH3 is 1. The van der Waals surface area contributed by atoms with Gasteiger partial charge in [-0.1, -0.05) is 6.07 Å². The monoisotopic (exact) mass is 543 g/mol. The molecule has 0 aliphatic carbocycles. The van der Waals surface area contributed by atoms with Crippen LogP contribution in [0.2, 0.25) is 0 Å². The van der Waals surface area contributed by atoms with Crippen LogP contribution in [0.3, 0.4) is 0 Å². The van der Waals surface area contributed by atoms with Crippen molar-refractivity contribution in [1.29, 1.82) is 0 Å². The summed E-state index contributed by atoms with van der Waals surface area (Å²) in [6, 6.07) is 6.35. The zero-order valence-corrected chi connectivity index (χ0v) is 21.2. The van der Waals surface area contributed by atoms with Crippen molar-refractivity contribution < 1.29 is 27.5 Å². The highest BCUT2D eigenvalue weighted by Crippen LogP contribution is 2.34. The summed E-state index contributed by atoms with van der Waals surface area (Å²) < 4.78 is 45.9. The molecule has 2 heterocycles. The summed E-state index contributed by atoms with van der Waals surface area (Å²) in [5.74, 6) is -1.28. The first-order valence-corrected chi connectivity index (χ1v) is 12.1. The Bertz CT molecular complexity index is 1080. The van der Waals surface area contributed by atoms with Crippen molar-refractivity contribution in [1.82, 2.24) is 25.2 Å². The molecule has 0 saturated carbocycles. The van der Waals surface area contributed by atoms with Gasteiger partial charge in [0, 0.05) is 24.8 Å². The summed E-state index contributed by atoms with van der Waals surface area (Å²) in [6.07, 6.45) is -2.78. The number of nitrogens with zero attached hydrogens (tertiary/aromatic N) is 4. The number of carbonyl (C=O) groups excluding carboxylic acids is 2. The molecule has 202 valence electrons. The van der Waals surface area contributed by atoms with Gasteiger partial charge in [0.2, 0.25) is 11.9 Å². The number of ether oxygens (including phenoxy) is 1. The number of benzene rings is 1. The average molecular weight is 544 g/mol. The SMILES string of the molecule is COc1cccc(C(=O)N(Nc2ncc(C(F)(F)F)c(NCCNC(=O)CCl)n2)C2CCN(C)CC2)c1. The number of nitrogens with one attached hydrogen (secondary N) is 3. The van der Waals surface area contributed by atoms with E-state index in [-0.39, 0.29) is 31.0 Å². The minimum absolute atomic E-state index is 0.0334. The van der Waals surface area contributed by atoms with Crippen LogP contribution < -0.4 is 20.8 Å². The second-order valence-corrected chi connectivity index (χ2v) is 8.68. The van der Waals surface area contributed by atoms with Gasteiger partial charge in [0.1, 0.15) is 23.0 Å². The summed E-state index contributed by atoms with van der Waals surface area (Å²) in [6.45, 7) is 1.47. The maximum Gasteiger partial charge on any atom is 0.421 e. The molecule has 37 heavy (non-hydrogen) atoms. The zero-order chi connectivity index (χ0) is 27.0. The lowest BCUT2D eigenvalue weighted by atomic mass is 10.0. The summed E-state index contributed by atoms with van der Waals surface area (Å²) in [5, 5.41) is 6.40. The number of amides is 2. The predicted molar refractivity (Wildman–Crippen MR) is 133 cm³/mol. The molecular weight excluding hydrogens is 515 g/mol. The zero-order valence-electron chi connectivity index (χ0n) is 20.4. The Kier molecular flexibility index (Phi) is 9.75. The van der Waals surface area contributed by atoms with Crippen molar-refractivity contribution in [2.24, 2.45) is 0 Å². The molecule has 14 heteroatoms. The summed E-state index contributed by atoms with van der Waals surface area (Å²) in [4.78, 5) is 34.8. The normalized spacial score (nSPS) is 14.6. The quantitative estimate of drug-likeness (QED) is 0.238. The number of anilines is 2. The van der Waals surface area contributed by atoms with Crippen LogP contribution in [0, 0.1) is 0 Å². The number of alkyl halides is 4. The van der Waals surface area contributed by atoms with Crippen molar-refractivity contribution in [2.75, 3.05) is 57.0 Å². The number of piperidine rings is 1. The van der Waals surface area contributed by atoms with Gasteiger partial charge in [-0.2, -0.15) is 18.2 Å². The molecular formula is C23H29ClF3N7O3. The third kappa shape index (κ3) is 7.83. The molecule has 0 spiro atoms. The number of rotatable bonds is 10.